The van der Waals surface area contributed by atoms with Crippen molar-refractivity contribution in [2.75, 3.05) is 13.2 Å². The van der Waals surface area contributed by atoms with Gasteiger partial charge in [-0.25, -0.2) is 13.6 Å². The van der Waals surface area contributed by atoms with Crippen LogP contribution in [0.2, 0.25) is 0 Å². The number of ketones is 1. The van der Waals surface area contributed by atoms with E-state index in [-0.39, 0.29) is 29.5 Å². The summed E-state index contributed by atoms with van der Waals surface area (Å²) in [5.74, 6) is -9.53. The number of H-pyrrole nitrogens is 1. The number of hydrogen-bond donors (Lipinski definition) is 1. The van der Waals surface area contributed by atoms with Crippen molar-refractivity contribution in [2.45, 2.75) is 20.8 Å². The predicted octanol–water partition coefficient (Wildman–Crippen LogP) is 3.63. The van der Waals surface area contributed by atoms with Gasteiger partial charge in [0.05, 0.1) is 17.9 Å². The number of aromatic nitrogens is 1. The fourth-order valence-corrected chi connectivity index (χ4v) is 2.43. The van der Waals surface area contributed by atoms with Gasteiger partial charge in [0.1, 0.15) is 0 Å². The molecule has 0 atom stereocenters. The summed E-state index contributed by atoms with van der Waals surface area (Å²) in [6.07, 6.45) is 0. The molecule has 1 N–H and O–H groups in total. The number of esters is 1. The number of hydrogen-bond acceptors (Lipinski definition) is 4. The Morgan fingerprint density at radius 2 is 1.65 bits per heavy atom. The Kier molecular flexibility index (Phi) is 5.69. The minimum atomic E-state index is -1.75. The molecule has 0 saturated carbocycles. The van der Waals surface area contributed by atoms with Crippen LogP contribution < -0.4 is 4.74 Å². The first kappa shape index (κ1) is 19.5. The predicted molar refractivity (Wildman–Crippen MR) is 82.3 cm³/mol. The summed E-state index contributed by atoms with van der Waals surface area (Å²) in [5, 5.41) is 0. The van der Waals surface area contributed by atoms with Gasteiger partial charge in [0.15, 0.2) is 24.0 Å². The molecule has 2 aromatic rings. The molecular weight excluding hydrogens is 358 g/mol. The Hall–Kier alpha value is -2.84. The molecule has 0 aliphatic heterocycles. The van der Waals surface area contributed by atoms with E-state index in [1.165, 1.54) is 13.8 Å². The van der Waals surface area contributed by atoms with Gasteiger partial charge in [-0.1, -0.05) is 0 Å². The molecule has 1 heterocycles. The second kappa shape index (κ2) is 7.59. The number of Topliss-reactive ketones (excluding diaryl/α,β-unsaturated/α-hetero) is 1. The average Bonchev–Trinajstić information content (AvgIpc) is 2.87. The molecule has 0 saturated heterocycles. The van der Waals surface area contributed by atoms with E-state index < -0.39 is 47.4 Å². The highest BCUT2D eigenvalue weighted by molar-refractivity contribution is 6.02. The fraction of sp³-hybridized carbons (Fsp3) is 0.294. The minimum absolute atomic E-state index is 0.0312. The lowest BCUT2D eigenvalue weighted by atomic mass is 10.1. The summed E-state index contributed by atoms with van der Waals surface area (Å²) < 4.78 is 62.9. The third-order valence-corrected chi connectivity index (χ3v) is 3.62. The van der Waals surface area contributed by atoms with Crippen molar-refractivity contribution < 1.29 is 36.6 Å². The number of carbonyl (C=O) groups excluding carboxylic acids is 2. The van der Waals surface area contributed by atoms with Crippen LogP contribution in [0.4, 0.5) is 17.6 Å². The highest BCUT2D eigenvalue weighted by Gasteiger charge is 2.25. The first-order valence-corrected chi connectivity index (χ1v) is 7.54. The molecule has 0 fully saturated rings. The standard InChI is InChI=1S/C17H15F4NO4/c1-4-25-17(24)12-7(2)15(22-8(12)3)11(23)6-26-16-13(20)9(18)5-10(19)14(16)21/h5,22H,4,6H2,1-3H3. The number of rotatable bonds is 6. The SMILES string of the molecule is CCOC(=O)c1c(C)[nH]c(C(=O)COc2c(F)c(F)cc(F)c2F)c1C. The molecule has 0 bridgehead atoms. The molecule has 0 aliphatic rings. The average molecular weight is 373 g/mol. The Morgan fingerprint density at radius 3 is 2.19 bits per heavy atom. The van der Waals surface area contributed by atoms with E-state index in [1.807, 2.05) is 0 Å². The summed E-state index contributed by atoms with van der Waals surface area (Å²) in [4.78, 5) is 26.8. The maximum atomic E-state index is 13.5. The number of ether oxygens (including phenoxy) is 2. The molecule has 0 amide bonds. The van der Waals surface area contributed by atoms with Crippen molar-refractivity contribution in [3.8, 4) is 5.75 Å². The zero-order valence-electron chi connectivity index (χ0n) is 14.1. The molecule has 2 rings (SSSR count). The van der Waals surface area contributed by atoms with Gasteiger partial charge in [-0.3, -0.25) is 4.79 Å². The molecule has 0 unspecified atom stereocenters. The lowest BCUT2D eigenvalue weighted by Gasteiger charge is -2.09. The zero-order valence-corrected chi connectivity index (χ0v) is 14.1. The fourth-order valence-electron chi connectivity index (χ4n) is 2.43. The van der Waals surface area contributed by atoms with Crippen LogP contribution in [0.5, 0.6) is 5.75 Å². The monoisotopic (exact) mass is 373 g/mol. The summed E-state index contributed by atoms with van der Waals surface area (Å²) >= 11 is 0. The van der Waals surface area contributed by atoms with Gasteiger partial charge >= 0.3 is 5.97 Å². The van der Waals surface area contributed by atoms with Crippen molar-refractivity contribution in [1.82, 2.24) is 4.98 Å². The van der Waals surface area contributed by atoms with E-state index in [0.29, 0.717) is 5.69 Å². The van der Waals surface area contributed by atoms with Gasteiger partial charge in [-0.05, 0) is 26.3 Å². The molecule has 5 nitrogen and oxygen atoms in total. The maximum absolute atomic E-state index is 13.5. The zero-order chi connectivity index (χ0) is 19.6. The van der Waals surface area contributed by atoms with Crippen LogP contribution in [0, 0.1) is 37.1 Å². The van der Waals surface area contributed by atoms with Crippen LogP contribution in [0.25, 0.3) is 0 Å². The van der Waals surface area contributed by atoms with Crippen LogP contribution >= 0.6 is 0 Å². The van der Waals surface area contributed by atoms with Crippen LogP contribution in [0.15, 0.2) is 6.07 Å². The van der Waals surface area contributed by atoms with Crippen LogP contribution in [0.3, 0.4) is 0 Å². The van der Waals surface area contributed by atoms with Crippen molar-refractivity contribution in [1.29, 1.82) is 0 Å². The van der Waals surface area contributed by atoms with Gasteiger partial charge < -0.3 is 14.5 Å². The molecule has 1 aromatic heterocycles. The Labute approximate surface area is 145 Å². The number of aromatic amines is 1. The van der Waals surface area contributed by atoms with Gasteiger partial charge in [-0.2, -0.15) is 8.78 Å². The van der Waals surface area contributed by atoms with Crippen molar-refractivity contribution in [2.24, 2.45) is 0 Å². The summed E-state index contributed by atoms with van der Waals surface area (Å²) in [6, 6.07) is 0.0312. The highest BCUT2D eigenvalue weighted by atomic mass is 19.2. The van der Waals surface area contributed by atoms with E-state index in [4.69, 9.17) is 4.74 Å². The Balaban J connectivity index is 2.25. The lowest BCUT2D eigenvalue weighted by Crippen LogP contribution is -2.15. The van der Waals surface area contributed by atoms with Gasteiger partial charge in [0.2, 0.25) is 17.4 Å². The number of benzene rings is 1. The van der Waals surface area contributed by atoms with E-state index in [2.05, 4.69) is 9.72 Å². The summed E-state index contributed by atoms with van der Waals surface area (Å²) in [5.41, 5.74) is 0.743. The van der Waals surface area contributed by atoms with Crippen LogP contribution in [0.1, 0.15) is 39.0 Å². The van der Waals surface area contributed by atoms with Crippen LogP contribution in [-0.4, -0.2) is 30.0 Å². The lowest BCUT2D eigenvalue weighted by molar-refractivity contribution is 0.0525. The quantitative estimate of drug-likeness (QED) is 0.363. The highest BCUT2D eigenvalue weighted by Crippen LogP contribution is 2.27. The molecule has 26 heavy (non-hydrogen) atoms. The largest absolute Gasteiger partial charge is 0.479 e. The van der Waals surface area contributed by atoms with Crippen LogP contribution in [-0.2, 0) is 4.74 Å². The number of carbonyl (C=O) groups is 2. The van der Waals surface area contributed by atoms with Crippen molar-refractivity contribution >= 4 is 11.8 Å². The third kappa shape index (κ3) is 3.56. The smallest absolute Gasteiger partial charge is 0.340 e. The molecular formula is C17H15F4NO4. The number of halogens is 4. The minimum Gasteiger partial charge on any atom is -0.479 e. The summed E-state index contributed by atoms with van der Waals surface area (Å²) in [6.45, 7) is 3.87. The molecule has 9 heteroatoms. The van der Waals surface area contributed by atoms with E-state index in [0.717, 1.165) is 0 Å². The van der Waals surface area contributed by atoms with Crippen molar-refractivity contribution in [3.63, 3.8) is 0 Å². The summed E-state index contributed by atoms with van der Waals surface area (Å²) in [7, 11) is 0. The Bertz CT molecular complexity index is 850. The Morgan fingerprint density at radius 1 is 1.08 bits per heavy atom. The van der Waals surface area contributed by atoms with Crippen molar-refractivity contribution in [3.05, 3.63) is 51.9 Å². The normalized spacial score (nSPS) is 10.7. The van der Waals surface area contributed by atoms with E-state index >= 15 is 0 Å². The first-order chi connectivity index (χ1) is 12.2. The van der Waals surface area contributed by atoms with E-state index in [9.17, 15) is 27.2 Å². The van der Waals surface area contributed by atoms with E-state index in [1.54, 1.807) is 6.92 Å². The molecule has 1 aromatic carbocycles. The first-order valence-electron chi connectivity index (χ1n) is 7.54. The molecule has 0 radical (unpaired) electrons. The molecule has 140 valence electrons. The molecule has 0 spiro atoms. The maximum Gasteiger partial charge on any atom is 0.340 e. The number of nitrogens with one attached hydrogen (secondary N) is 1. The van der Waals surface area contributed by atoms with Gasteiger partial charge in [0, 0.05) is 11.8 Å². The molecule has 0 aliphatic carbocycles. The number of aryl methyl sites for hydroxylation is 1. The topological polar surface area (TPSA) is 68.4 Å². The second-order valence-electron chi connectivity index (χ2n) is 5.35. The second-order valence-corrected chi connectivity index (χ2v) is 5.35. The third-order valence-electron chi connectivity index (χ3n) is 3.62. The van der Waals surface area contributed by atoms with Gasteiger partial charge in [0.25, 0.3) is 0 Å². The van der Waals surface area contributed by atoms with Gasteiger partial charge in [-0.15, -0.1) is 0 Å².